The fraction of sp³-hybridized carbons (Fsp3) is 0.400. The zero-order valence-corrected chi connectivity index (χ0v) is 12.9. The minimum Gasteiger partial charge on any atom is -0.314 e. The minimum absolute atomic E-state index is 0.00908. The summed E-state index contributed by atoms with van der Waals surface area (Å²) in [6, 6.07) is -0.525. The monoisotopic (exact) mass is 350 g/mol. The number of carbonyl (C=O) groups is 1. The Morgan fingerprint density at radius 2 is 2.00 bits per heavy atom. The molecule has 130 valence electrons. The number of carbonyl (C=O) groups excluding carboxylic acids is 1. The zero-order chi connectivity index (χ0) is 17.6. The molecule has 2 aromatic heterocycles. The molecule has 1 saturated heterocycles. The van der Waals surface area contributed by atoms with Gasteiger partial charge in [-0.2, -0.15) is 13.2 Å². The van der Waals surface area contributed by atoms with Gasteiger partial charge in [0.1, 0.15) is 6.33 Å². The van der Waals surface area contributed by atoms with Crippen LogP contribution in [0.15, 0.2) is 24.9 Å². The Balaban J connectivity index is 1.53. The third kappa shape index (κ3) is 2.77. The third-order valence-corrected chi connectivity index (χ3v) is 4.53. The highest BCUT2D eigenvalue weighted by atomic mass is 19.4. The van der Waals surface area contributed by atoms with Crippen molar-refractivity contribution in [1.82, 2.24) is 24.8 Å². The van der Waals surface area contributed by atoms with Crippen LogP contribution in [-0.4, -0.2) is 36.9 Å². The lowest BCUT2D eigenvalue weighted by atomic mass is 10.00. The number of nitrogens with zero attached hydrogens (tertiary/aromatic N) is 5. The summed E-state index contributed by atoms with van der Waals surface area (Å²) in [4.78, 5) is 29.5. The summed E-state index contributed by atoms with van der Waals surface area (Å²) in [7, 11) is 0. The first-order chi connectivity index (χ1) is 11.9. The quantitative estimate of drug-likeness (QED) is 0.855. The lowest BCUT2D eigenvalue weighted by Gasteiger charge is -2.35. The number of fused-ring (bicyclic) bond motifs is 4. The molecule has 10 heteroatoms. The highest BCUT2D eigenvalue weighted by Crippen LogP contribution is 2.42. The van der Waals surface area contributed by atoms with Crippen LogP contribution in [0.3, 0.4) is 0 Å². The first kappa shape index (κ1) is 15.7. The second-order valence-electron chi connectivity index (χ2n) is 6.00. The number of amides is 2. The Morgan fingerprint density at radius 3 is 2.72 bits per heavy atom. The second kappa shape index (κ2) is 5.64. The van der Waals surface area contributed by atoms with Crippen molar-refractivity contribution < 1.29 is 18.0 Å². The molecule has 0 aromatic carbocycles. The lowest BCUT2D eigenvalue weighted by Crippen LogP contribution is -2.44. The highest BCUT2D eigenvalue weighted by molar-refractivity contribution is 5.89. The highest BCUT2D eigenvalue weighted by Gasteiger charge is 2.43. The smallest absolute Gasteiger partial charge is 0.314 e. The number of hydrogen-bond donors (Lipinski definition) is 1. The molecule has 2 amide bonds. The maximum absolute atomic E-state index is 12.6. The summed E-state index contributed by atoms with van der Waals surface area (Å²) in [6.45, 7) is 0. The molecule has 4 rings (SSSR count). The number of anilines is 1. The van der Waals surface area contributed by atoms with E-state index in [1.54, 1.807) is 11.1 Å². The van der Waals surface area contributed by atoms with Gasteiger partial charge in [0.25, 0.3) is 0 Å². The molecular weight excluding hydrogens is 337 g/mol. The summed E-state index contributed by atoms with van der Waals surface area (Å²) < 4.78 is 37.5. The maximum atomic E-state index is 12.6. The van der Waals surface area contributed by atoms with Crippen LogP contribution in [-0.2, 0) is 12.6 Å². The number of nitrogens with one attached hydrogen (secondary N) is 1. The largest absolute Gasteiger partial charge is 0.434 e. The van der Waals surface area contributed by atoms with Crippen molar-refractivity contribution in [3.8, 4) is 0 Å². The summed E-state index contributed by atoms with van der Waals surface area (Å²) >= 11 is 0. The predicted molar refractivity (Wildman–Crippen MR) is 79.4 cm³/mol. The van der Waals surface area contributed by atoms with Crippen LogP contribution in [0.4, 0.5) is 23.8 Å². The van der Waals surface area contributed by atoms with Gasteiger partial charge in [-0.15, -0.1) is 0 Å². The van der Waals surface area contributed by atoms with E-state index < -0.39 is 17.9 Å². The summed E-state index contributed by atoms with van der Waals surface area (Å²) in [6.07, 6.45) is 2.43. The molecule has 0 spiro atoms. The Bertz CT molecular complexity index is 810. The van der Waals surface area contributed by atoms with Crippen molar-refractivity contribution >= 4 is 11.8 Å². The Morgan fingerprint density at radius 1 is 1.16 bits per heavy atom. The topological polar surface area (TPSA) is 83.9 Å². The normalized spacial score (nSPS) is 21.8. The standard InChI is InChI=1S/C15H13F3N6O/c16-15(17,18)12-5-21-13(6-20-12)23-14(25)24-8-1-2-11(24)9-4-19-7-22-10(9)3-8/h4-8,11H,1-3H2,(H,21,23,25)/t8-,11+/m0/s1. The SMILES string of the molecule is O=C(Nc1cnc(C(F)(F)F)cn1)N1[C@H]2CC[C@@H]1c1cncnc1C2. The summed E-state index contributed by atoms with van der Waals surface area (Å²) in [5.41, 5.74) is 0.764. The molecule has 4 heterocycles. The maximum Gasteiger partial charge on any atom is 0.434 e. The van der Waals surface area contributed by atoms with Gasteiger partial charge in [0.15, 0.2) is 11.5 Å². The van der Waals surface area contributed by atoms with Crippen LogP contribution >= 0.6 is 0 Å². The molecule has 2 aliphatic rings. The molecule has 0 radical (unpaired) electrons. The predicted octanol–water partition coefficient (Wildman–Crippen LogP) is 2.58. The molecule has 2 bridgehead atoms. The van der Waals surface area contributed by atoms with Crippen molar-refractivity contribution in [1.29, 1.82) is 0 Å². The van der Waals surface area contributed by atoms with E-state index >= 15 is 0 Å². The Kier molecular flexibility index (Phi) is 3.55. The van der Waals surface area contributed by atoms with Crippen molar-refractivity contribution in [3.63, 3.8) is 0 Å². The van der Waals surface area contributed by atoms with E-state index in [0.717, 1.165) is 30.3 Å². The zero-order valence-electron chi connectivity index (χ0n) is 12.9. The third-order valence-electron chi connectivity index (χ3n) is 4.53. The van der Waals surface area contributed by atoms with Crippen LogP contribution < -0.4 is 5.32 Å². The first-order valence-electron chi connectivity index (χ1n) is 7.71. The average Bonchev–Trinajstić information content (AvgIpc) is 2.90. The van der Waals surface area contributed by atoms with Crippen LogP contribution in [0.25, 0.3) is 0 Å². The van der Waals surface area contributed by atoms with Crippen LogP contribution in [0.1, 0.15) is 35.8 Å². The van der Waals surface area contributed by atoms with E-state index in [1.165, 1.54) is 6.33 Å². The number of rotatable bonds is 1. The van der Waals surface area contributed by atoms with Gasteiger partial charge in [-0.05, 0) is 12.8 Å². The molecule has 1 fully saturated rings. The number of aromatic nitrogens is 4. The lowest BCUT2D eigenvalue weighted by molar-refractivity contribution is -0.141. The van der Waals surface area contributed by atoms with E-state index in [4.69, 9.17) is 0 Å². The molecule has 2 atom stereocenters. The molecule has 25 heavy (non-hydrogen) atoms. The van der Waals surface area contributed by atoms with Gasteiger partial charge in [0.2, 0.25) is 0 Å². The second-order valence-corrected chi connectivity index (χ2v) is 6.00. The van der Waals surface area contributed by atoms with Gasteiger partial charge >= 0.3 is 12.2 Å². The van der Waals surface area contributed by atoms with Gasteiger partial charge in [-0.1, -0.05) is 0 Å². The Hall–Kier alpha value is -2.78. The molecule has 0 saturated carbocycles. The summed E-state index contributed by atoms with van der Waals surface area (Å²) in [5.74, 6) is -0.0208. The number of hydrogen-bond acceptors (Lipinski definition) is 5. The van der Waals surface area contributed by atoms with E-state index in [1.807, 2.05) is 0 Å². The first-order valence-corrected chi connectivity index (χ1v) is 7.71. The van der Waals surface area contributed by atoms with E-state index in [9.17, 15) is 18.0 Å². The van der Waals surface area contributed by atoms with Gasteiger partial charge in [0, 0.05) is 24.2 Å². The molecule has 2 aromatic rings. The molecule has 0 aliphatic carbocycles. The fourth-order valence-electron chi connectivity index (χ4n) is 3.45. The van der Waals surface area contributed by atoms with Gasteiger partial charge in [-0.25, -0.2) is 24.7 Å². The van der Waals surface area contributed by atoms with Crippen molar-refractivity contribution in [3.05, 3.63) is 41.9 Å². The minimum atomic E-state index is -4.56. The molecule has 0 unspecified atom stereocenters. The number of alkyl halides is 3. The van der Waals surface area contributed by atoms with Crippen molar-refractivity contribution in [2.75, 3.05) is 5.32 Å². The molecule has 1 N–H and O–H groups in total. The fourth-order valence-corrected chi connectivity index (χ4v) is 3.45. The number of halogens is 3. The van der Waals surface area contributed by atoms with Gasteiger partial charge in [-0.3, -0.25) is 5.32 Å². The van der Waals surface area contributed by atoms with Gasteiger partial charge in [0.05, 0.1) is 24.1 Å². The van der Waals surface area contributed by atoms with Crippen LogP contribution in [0.2, 0.25) is 0 Å². The average molecular weight is 350 g/mol. The van der Waals surface area contributed by atoms with Crippen LogP contribution in [0.5, 0.6) is 0 Å². The van der Waals surface area contributed by atoms with E-state index in [0.29, 0.717) is 12.6 Å². The van der Waals surface area contributed by atoms with E-state index in [-0.39, 0.29) is 17.9 Å². The molecule has 7 nitrogen and oxygen atoms in total. The van der Waals surface area contributed by atoms with E-state index in [2.05, 4.69) is 25.3 Å². The van der Waals surface area contributed by atoms with Crippen LogP contribution in [0, 0.1) is 0 Å². The molecule has 2 aliphatic heterocycles. The Labute approximate surface area is 140 Å². The van der Waals surface area contributed by atoms with Crippen molar-refractivity contribution in [2.45, 2.75) is 37.5 Å². The summed E-state index contributed by atoms with van der Waals surface area (Å²) in [5, 5.41) is 2.53. The van der Waals surface area contributed by atoms with Gasteiger partial charge < -0.3 is 4.90 Å². The molecular formula is C15H13F3N6O. The van der Waals surface area contributed by atoms with Crippen molar-refractivity contribution in [2.24, 2.45) is 0 Å². The number of urea groups is 1.